The van der Waals surface area contributed by atoms with Gasteiger partial charge in [0.25, 0.3) is 0 Å². The molecule has 4 rings (SSSR count). The monoisotopic (exact) mass is 521 g/mol. The number of halogens is 2. The molecule has 4 aromatic rings. The van der Waals surface area contributed by atoms with E-state index >= 15 is 0 Å². The third kappa shape index (κ3) is 8.21. The summed E-state index contributed by atoms with van der Waals surface area (Å²) in [7, 11) is 0. The topological polar surface area (TPSA) is 77.6 Å². The lowest BCUT2D eigenvalue weighted by Gasteiger charge is -2.21. The Labute approximate surface area is 221 Å². The van der Waals surface area contributed by atoms with Crippen LogP contribution in [0.2, 0.25) is 0 Å². The van der Waals surface area contributed by atoms with Crippen LogP contribution in [0.15, 0.2) is 72.9 Å². The van der Waals surface area contributed by atoms with Crippen LogP contribution in [-0.2, 0) is 35.6 Å². The van der Waals surface area contributed by atoms with E-state index in [1.807, 2.05) is 6.20 Å². The molecule has 8 heteroatoms. The van der Waals surface area contributed by atoms with Gasteiger partial charge in [-0.05, 0) is 65.4 Å². The van der Waals surface area contributed by atoms with E-state index < -0.39 is 0 Å². The highest BCUT2D eigenvalue weighted by Crippen LogP contribution is 2.22. The second-order valence-electron chi connectivity index (χ2n) is 9.33. The summed E-state index contributed by atoms with van der Waals surface area (Å²) < 4.78 is 32.0. The van der Waals surface area contributed by atoms with Crippen LogP contribution in [0.25, 0.3) is 10.9 Å². The van der Waals surface area contributed by atoms with Gasteiger partial charge in [-0.1, -0.05) is 36.4 Å². The van der Waals surface area contributed by atoms with Crippen LogP contribution in [0.5, 0.6) is 0 Å². The maximum absolute atomic E-state index is 13.7. The Morgan fingerprint density at radius 1 is 0.921 bits per heavy atom. The van der Waals surface area contributed by atoms with E-state index in [0.29, 0.717) is 26.2 Å². The van der Waals surface area contributed by atoms with Crippen LogP contribution in [0, 0.1) is 11.6 Å². The fourth-order valence-corrected chi connectivity index (χ4v) is 4.36. The average molecular weight is 522 g/mol. The number of rotatable bonds is 14. The predicted octanol–water partition coefficient (Wildman–Crippen LogP) is 4.71. The highest BCUT2D eigenvalue weighted by atomic mass is 19.1. The van der Waals surface area contributed by atoms with Crippen molar-refractivity contribution in [2.75, 3.05) is 26.3 Å². The van der Waals surface area contributed by atoms with Crippen LogP contribution in [-0.4, -0.2) is 47.2 Å². The third-order valence-electron chi connectivity index (χ3n) is 6.35. The minimum absolute atomic E-state index is 0.0378. The predicted molar refractivity (Wildman–Crippen MR) is 143 cm³/mol. The molecule has 0 unspecified atom stereocenters. The van der Waals surface area contributed by atoms with Crippen molar-refractivity contribution in [2.24, 2.45) is 0 Å². The van der Waals surface area contributed by atoms with Crippen molar-refractivity contribution in [3.8, 4) is 0 Å². The molecule has 0 aliphatic heterocycles. The molecular formula is C30H33F2N3O3. The lowest BCUT2D eigenvalue weighted by molar-refractivity contribution is -0.126. The molecule has 1 amide bonds. The smallest absolute Gasteiger partial charge is 0.246 e. The number of hydrogen-bond donors (Lipinski definition) is 3. The van der Waals surface area contributed by atoms with Crippen LogP contribution >= 0.6 is 0 Å². The molecule has 3 N–H and O–H groups in total. The maximum Gasteiger partial charge on any atom is 0.246 e. The summed E-state index contributed by atoms with van der Waals surface area (Å²) in [6, 6.07) is 19.0. The number of ether oxygens (including phenoxy) is 1. The molecule has 38 heavy (non-hydrogen) atoms. The van der Waals surface area contributed by atoms with Gasteiger partial charge < -0.3 is 20.1 Å². The Balaban J connectivity index is 1.18. The summed E-state index contributed by atoms with van der Waals surface area (Å²) in [5.74, 6) is -0.744. The first kappa shape index (κ1) is 27.4. The van der Waals surface area contributed by atoms with Gasteiger partial charge in [-0.25, -0.2) is 8.78 Å². The average Bonchev–Trinajstić information content (AvgIpc) is 3.30. The van der Waals surface area contributed by atoms with Crippen molar-refractivity contribution in [3.63, 3.8) is 0 Å². The summed E-state index contributed by atoms with van der Waals surface area (Å²) in [5.41, 5.74) is 5.00. The summed E-state index contributed by atoms with van der Waals surface area (Å²) in [4.78, 5) is 17.3. The van der Waals surface area contributed by atoms with Crippen molar-refractivity contribution in [2.45, 2.75) is 32.5 Å². The van der Waals surface area contributed by atoms with E-state index in [4.69, 9.17) is 4.74 Å². The summed E-state index contributed by atoms with van der Waals surface area (Å²) in [6.45, 7) is 2.58. The number of hydrogen-bond acceptors (Lipinski definition) is 4. The first-order chi connectivity index (χ1) is 18.5. The Morgan fingerprint density at radius 2 is 1.63 bits per heavy atom. The third-order valence-corrected chi connectivity index (χ3v) is 6.35. The lowest BCUT2D eigenvalue weighted by atomic mass is 10.1. The minimum atomic E-state index is -0.301. The number of benzene rings is 3. The number of fused-ring (bicyclic) bond motifs is 1. The Kier molecular flexibility index (Phi) is 9.97. The van der Waals surface area contributed by atoms with E-state index in [0.717, 1.165) is 40.4 Å². The first-order valence-electron chi connectivity index (χ1n) is 12.8. The molecule has 3 aromatic carbocycles. The number of carbonyl (C=O) groups is 1. The zero-order valence-corrected chi connectivity index (χ0v) is 21.3. The molecule has 0 fully saturated rings. The molecule has 0 bridgehead atoms. The number of nitrogens with one attached hydrogen (secondary N) is 2. The Hall–Kier alpha value is -3.59. The molecule has 1 aromatic heterocycles. The largest absolute Gasteiger partial charge is 0.395 e. The fourth-order valence-electron chi connectivity index (χ4n) is 4.36. The van der Waals surface area contributed by atoms with E-state index in [2.05, 4.69) is 39.5 Å². The Bertz CT molecular complexity index is 1310. The van der Waals surface area contributed by atoms with Crippen molar-refractivity contribution in [3.05, 3.63) is 107 Å². The zero-order valence-electron chi connectivity index (χ0n) is 21.3. The second kappa shape index (κ2) is 13.8. The molecule has 0 saturated heterocycles. The van der Waals surface area contributed by atoms with Gasteiger partial charge in [0.1, 0.15) is 18.2 Å². The van der Waals surface area contributed by atoms with Gasteiger partial charge in [0, 0.05) is 43.3 Å². The van der Waals surface area contributed by atoms with Crippen LogP contribution in [0.1, 0.15) is 28.7 Å². The molecule has 0 aliphatic carbocycles. The molecule has 0 aliphatic rings. The number of amides is 1. The molecular weight excluding hydrogens is 488 g/mol. The fraction of sp³-hybridized carbons (Fsp3) is 0.300. The van der Waals surface area contributed by atoms with E-state index in [1.54, 1.807) is 18.2 Å². The number of aryl methyl sites for hydroxylation is 1. The quantitative estimate of drug-likeness (QED) is 0.210. The molecule has 1 heterocycles. The zero-order chi connectivity index (χ0) is 26.7. The van der Waals surface area contributed by atoms with Gasteiger partial charge in [0.05, 0.1) is 13.2 Å². The maximum atomic E-state index is 13.7. The van der Waals surface area contributed by atoms with Crippen LogP contribution in [0.3, 0.4) is 0 Å². The van der Waals surface area contributed by atoms with E-state index in [-0.39, 0.29) is 37.4 Å². The minimum Gasteiger partial charge on any atom is -0.395 e. The number of nitrogens with zero attached hydrogens (tertiary/aromatic N) is 1. The van der Waals surface area contributed by atoms with Crippen LogP contribution in [0.4, 0.5) is 8.78 Å². The number of aliphatic hydroxyl groups is 1. The Morgan fingerprint density at radius 3 is 2.39 bits per heavy atom. The standard InChI is InChI=1S/C30H33F2N3O3/c31-26-9-7-24(8-10-26)20-38-21-30(37)33-13-1-2-22-3-5-23(6-4-22)18-35(14-15-36)19-25-17-34-29-12-11-27(32)16-28(25)29/h3-12,16-17,34,36H,1-2,13-15,18-21H2,(H,33,37). The van der Waals surface area contributed by atoms with Crippen molar-refractivity contribution in [1.29, 1.82) is 0 Å². The summed E-state index contributed by atoms with van der Waals surface area (Å²) >= 11 is 0. The number of aromatic nitrogens is 1. The van der Waals surface area contributed by atoms with Gasteiger partial charge in [-0.3, -0.25) is 9.69 Å². The van der Waals surface area contributed by atoms with Gasteiger partial charge in [-0.2, -0.15) is 0 Å². The number of carbonyl (C=O) groups excluding carboxylic acids is 1. The van der Waals surface area contributed by atoms with E-state index in [1.165, 1.54) is 29.8 Å². The van der Waals surface area contributed by atoms with Gasteiger partial charge in [-0.15, -0.1) is 0 Å². The molecule has 0 atom stereocenters. The highest BCUT2D eigenvalue weighted by molar-refractivity contribution is 5.83. The summed E-state index contributed by atoms with van der Waals surface area (Å²) in [6.07, 6.45) is 3.53. The summed E-state index contributed by atoms with van der Waals surface area (Å²) in [5, 5.41) is 13.3. The van der Waals surface area contributed by atoms with Crippen molar-refractivity contribution < 1.29 is 23.4 Å². The van der Waals surface area contributed by atoms with Crippen molar-refractivity contribution in [1.82, 2.24) is 15.2 Å². The molecule has 6 nitrogen and oxygen atoms in total. The van der Waals surface area contributed by atoms with Crippen LogP contribution < -0.4 is 5.32 Å². The molecule has 0 spiro atoms. The second-order valence-corrected chi connectivity index (χ2v) is 9.33. The normalized spacial score (nSPS) is 11.4. The highest BCUT2D eigenvalue weighted by Gasteiger charge is 2.11. The number of H-pyrrole nitrogens is 1. The lowest BCUT2D eigenvalue weighted by Crippen LogP contribution is -2.28. The number of aromatic amines is 1. The van der Waals surface area contributed by atoms with Gasteiger partial charge in [0.2, 0.25) is 5.91 Å². The first-order valence-corrected chi connectivity index (χ1v) is 12.8. The molecule has 0 radical (unpaired) electrons. The van der Waals surface area contributed by atoms with Gasteiger partial charge in [0.15, 0.2) is 0 Å². The molecule has 0 saturated carbocycles. The van der Waals surface area contributed by atoms with E-state index in [9.17, 15) is 18.7 Å². The number of aliphatic hydroxyl groups excluding tert-OH is 1. The SMILES string of the molecule is O=C(COCc1ccc(F)cc1)NCCCc1ccc(CN(CCO)Cc2c[nH]c3ccc(F)cc23)cc1. The van der Waals surface area contributed by atoms with Crippen molar-refractivity contribution >= 4 is 16.8 Å². The molecule has 200 valence electrons. The van der Waals surface area contributed by atoms with Gasteiger partial charge >= 0.3 is 0 Å².